The number of nitrogens with one attached hydrogen (secondary N) is 2. The van der Waals surface area contributed by atoms with Crippen molar-refractivity contribution >= 4 is 81.3 Å². The number of carbonyl (C=O) groups is 1. The van der Waals surface area contributed by atoms with E-state index in [9.17, 15) is 9.18 Å². The highest BCUT2D eigenvalue weighted by Gasteiger charge is 2.34. The fourth-order valence-electron chi connectivity index (χ4n) is 5.63. The second kappa shape index (κ2) is 13.6. The number of aromatic nitrogens is 5. The molecule has 2 N–H and O–H groups in total. The molecule has 1 saturated heterocycles. The highest BCUT2D eigenvalue weighted by atomic mass is 35.5. The number of carbonyl (C=O) groups excluding carboxylic acids is 1. The molecule has 2 aliphatic rings. The van der Waals surface area contributed by atoms with Gasteiger partial charge in [0.1, 0.15) is 23.5 Å². The molecule has 2 aliphatic heterocycles. The maximum absolute atomic E-state index is 14.3. The van der Waals surface area contributed by atoms with Crippen LogP contribution in [-0.2, 0) is 17.8 Å². The van der Waals surface area contributed by atoms with E-state index in [0.29, 0.717) is 43.0 Å². The van der Waals surface area contributed by atoms with Crippen LogP contribution in [0.25, 0.3) is 22.0 Å². The number of piperidine rings is 1. The van der Waals surface area contributed by atoms with E-state index in [0.717, 1.165) is 37.2 Å². The lowest BCUT2D eigenvalue weighted by Crippen LogP contribution is -2.34. The summed E-state index contributed by atoms with van der Waals surface area (Å²) in [6, 6.07) is 8.56. The minimum Gasteiger partial charge on any atom is -0.490 e. The molecule has 232 valence electrons. The fraction of sp³-hybridized carbons (Fsp3) is 0.310. The van der Waals surface area contributed by atoms with Crippen molar-refractivity contribution in [1.29, 1.82) is 0 Å². The number of anilines is 1. The standard InChI is InChI=1S/C29H26Cl2FN7O2S.2ClH/c30-22-12-20(16-1-3-18(4-2-16)41-19-5-7-33-8-6-19)24(31)25-21(22)14-39(37-25)27(28(40)36-29-34-9-10-42-29)26-23-11-17(32)13-38(23)15-35-26;;/h1-4,9-10,12,14-15,17,19,27,33H,5-8,11,13H2,(H,34,36,40);2*1H/t17-,27?;;/m1../s1. The van der Waals surface area contributed by atoms with Crippen LogP contribution < -0.4 is 15.4 Å². The van der Waals surface area contributed by atoms with Crippen molar-refractivity contribution in [1.82, 2.24) is 29.6 Å². The van der Waals surface area contributed by atoms with Crippen LogP contribution >= 0.6 is 59.4 Å². The number of nitrogens with zero attached hydrogens (tertiary/aromatic N) is 5. The summed E-state index contributed by atoms with van der Waals surface area (Å²) < 4.78 is 23.7. The summed E-state index contributed by atoms with van der Waals surface area (Å²) in [6.45, 7) is 2.11. The maximum Gasteiger partial charge on any atom is 0.257 e. The predicted molar refractivity (Wildman–Crippen MR) is 176 cm³/mol. The number of rotatable bonds is 7. The summed E-state index contributed by atoms with van der Waals surface area (Å²) in [5, 5.41) is 14.6. The Balaban J connectivity index is 0.00000192. The number of imidazole rings is 1. The quantitative estimate of drug-likeness (QED) is 0.195. The normalized spacial score (nSPS) is 17.0. The minimum absolute atomic E-state index is 0. The van der Waals surface area contributed by atoms with Gasteiger partial charge in [0, 0.05) is 40.8 Å². The van der Waals surface area contributed by atoms with Gasteiger partial charge in [-0.2, -0.15) is 5.10 Å². The van der Waals surface area contributed by atoms with Gasteiger partial charge in [0.25, 0.3) is 5.91 Å². The molecule has 1 amide bonds. The van der Waals surface area contributed by atoms with Crippen LogP contribution in [0.15, 0.2) is 54.4 Å². The van der Waals surface area contributed by atoms with Gasteiger partial charge in [0.15, 0.2) is 11.2 Å². The van der Waals surface area contributed by atoms with E-state index in [1.54, 1.807) is 34.7 Å². The maximum atomic E-state index is 14.3. The summed E-state index contributed by atoms with van der Waals surface area (Å²) in [7, 11) is 0. The van der Waals surface area contributed by atoms with Crippen LogP contribution in [0.4, 0.5) is 9.52 Å². The van der Waals surface area contributed by atoms with Crippen LogP contribution in [0, 0.1) is 0 Å². The topological polar surface area (TPSA) is 98.9 Å². The molecule has 0 aliphatic carbocycles. The molecule has 5 aromatic rings. The van der Waals surface area contributed by atoms with Gasteiger partial charge in [-0.05, 0) is 49.7 Å². The average Bonchev–Trinajstić information content (AvgIpc) is 3.79. The van der Waals surface area contributed by atoms with E-state index in [1.165, 1.54) is 16.0 Å². The summed E-state index contributed by atoms with van der Waals surface area (Å²) in [5.41, 5.74) is 3.09. The number of benzene rings is 2. The second-order valence-corrected chi connectivity index (χ2v) is 12.1. The lowest BCUT2D eigenvalue weighted by Gasteiger charge is -2.23. The van der Waals surface area contributed by atoms with Crippen LogP contribution in [0.2, 0.25) is 10.0 Å². The van der Waals surface area contributed by atoms with E-state index < -0.39 is 18.1 Å². The molecular weight excluding hydrogens is 671 g/mol. The van der Waals surface area contributed by atoms with Gasteiger partial charge < -0.3 is 14.6 Å². The molecule has 2 aromatic carbocycles. The zero-order valence-electron chi connectivity index (χ0n) is 23.1. The van der Waals surface area contributed by atoms with Crippen molar-refractivity contribution in [2.24, 2.45) is 0 Å². The molecule has 44 heavy (non-hydrogen) atoms. The third-order valence-corrected chi connectivity index (χ3v) is 9.07. The monoisotopic (exact) mass is 697 g/mol. The third-order valence-electron chi connectivity index (χ3n) is 7.68. The van der Waals surface area contributed by atoms with Crippen LogP contribution in [0.5, 0.6) is 5.75 Å². The van der Waals surface area contributed by atoms with E-state index in [2.05, 4.69) is 20.6 Å². The highest BCUT2D eigenvalue weighted by molar-refractivity contribution is 7.13. The molecule has 1 unspecified atom stereocenters. The number of fused-ring (bicyclic) bond motifs is 2. The van der Waals surface area contributed by atoms with Crippen LogP contribution in [-0.4, -0.2) is 55.6 Å². The van der Waals surface area contributed by atoms with Gasteiger partial charge in [-0.3, -0.25) is 14.8 Å². The minimum atomic E-state index is -1.04. The number of ether oxygens (including phenoxy) is 1. The lowest BCUT2D eigenvalue weighted by molar-refractivity contribution is -0.118. The molecule has 2 atom stereocenters. The van der Waals surface area contributed by atoms with Gasteiger partial charge in [0.2, 0.25) is 0 Å². The first-order valence-corrected chi connectivity index (χ1v) is 15.3. The van der Waals surface area contributed by atoms with Crippen LogP contribution in [0.1, 0.15) is 30.3 Å². The first kappa shape index (κ1) is 32.5. The van der Waals surface area contributed by atoms with Crippen molar-refractivity contribution in [2.75, 3.05) is 18.4 Å². The van der Waals surface area contributed by atoms with Crippen molar-refractivity contribution < 1.29 is 13.9 Å². The Hall–Kier alpha value is -2.93. The SMILES string of the molecule is Cl.Cl.O=C(Nc1nccs1)C(c1ncn2c1C[C@@H](F)C2)n1cc2c(Cl)cc(-c3ccc(OC4CCNCC4)cc3)c(Cl)c2n1. The van der Waals surface area contributed by atoms with Crippen molar-refractivity contribution in [2.45, 2.75) is 44.1 Å². The summed E-state index contributed by atoms with van der Waals surface area (Å²) >= 11 is 15.0. The van der Waals surface area contributed by atoms with E-state index in [1.807, 2.05) is 24.3 Å². The number of alkyl halides is 1. The number of hydrogen-bond acceptors (Lipinski definition) is 7. The third kappa shape index (κ3) is 6.27. The Bertz CT molecular complexity index is 1760. The second-order valence-electron chi connectivity index (χ2n) is 10.4. The number of halogens is 5. The molecule has 0 bridgehead atoms. The van der Waals surface area contributed by atoms with E-state index in [-0.39, 0.29) is 43.9 Å². The zero-order valence-corrected chi connectivity index (χ0v) is 27.0. The molecule has 7 rings (SSSR count). The Kier molecular flexibility index (Phi) is 10.0. The smallest absolute Gasteiger partial charge is 0.257 e. The Labute approximate surface area is 278 Å². The molecule has 0 radical (unpaired) electrons. The van der Waals surface area contributed by atoms with Gasteiger partial charge in [-0.15, -0.1) is 36.2 Å². The largest absolute Gasteiger partial charge is 0.490 e. The molecule has 9 nitrogen and oxygen atoms in total. The van der Waals surface area contributed by atoms with Crippen molar-refractivity contribution in [3.8, 4) is 16.9 Å². The van der Waals surface area contributed by atoms with Gasteiger partial charge in [0.05, 0.1) is 28.6 Å². The molecule has 0 spiro atoms. The molecule has 15 heteroatoms. The molecule has 0 saturated carbocycles. The zero-order chi connectivity index (χ0) is 28.8. The van der Waals surface area contributed by atoms with Gasteiger partial charge in [-0.1, -0.05) is 35.3 Å². The fourth-order valence-corrected chi connectivity index (χ4v) is 6.71. The lowest BCUT2D eigenvalue weighted by atomic mass is 10.0. The number of amides is 1. The molecule has 3 aromatic heterocycles. The molecule has 5 heterocycles. The molecule has 1 fully saturated rings. The Morgan fingerprint density at radius 3 is 2.66 bits per heavy atom. The predicted octanol–water partition coefficient (Wildman–Crippen LogP) is 6.76. The summed E-state index contributed by atoms with van der Waals surface area (Å²) in [5.74, 6) is 0.397. The average molecular weight is 699 g/mol. The number of thiazole rings is 1. The van der Waals surface area contributed by atoms with E-state index in [4.69, 9.17) is 33.0 Å². The Morgan fingerprint density at radius 1 is 1.16 bits per heavy atom. The first-order chi connectivity index (χ1) is 20.4. The number of hydrogen-bond donors (Lipinski definition) is 2. The first-order valence-electron chi connectivity index (χ1n) is 13.7. The van der Waals surface area contributed by atoms with Crippen LogP contribution in [0.3, 0.4) is 0 Å². The summed E-state index contributed by atoms with van der Waals surface area (Å²) in [4.78, 5) is 22.3. The summed E-state index contributed by atoms with van der Waals surface area (Å²) in [6.07, 6.45) is 6.12. The van der Waals surface area contributed by atoms with E-state index >= 15 is 0 Å². The van der Waals surface area contributed by atoms with Gasteiger partial charge >= 0.3 is 0 Å². The van der Waals surface area contributed by atoms with Crippen molar-refractivity contribution in [3.05, 3.63) is 75.9 Å². The highest BCUT2D eigenvalue weighted by Crippen LogP contribution is 2.40. The van der Waals surface area contributed by atoms with Crippen molar-refractivity contribution in [3.63, 3.8) is 0 Å². The molecular formula is C29H28Cl4FN7O2S. The Morgan fingerprint density at radius 2 is 1.93 bits per heavy atom. The van der Waals surface area contributed by atoms with Gasteiger partial charge in [-0.25, -0.2) is 14.4 Å².